The maximum Gasteiger partial charge on any atom is 0.279 e. The second kappa shape index (κ2) is 6.70. The largest absolute Gasteiger partial charge is 0.384 e. The van der Waals surface area contributed by atoms with Gasteiger partial charge < -0.3 is 9.47 Å². The van der Waals surface area contributed by atoms with E-state index in [-0.39, 0.29) is 11.5 Å². The minimum atomic E-state index is -3.41. The summed E-state index contributed by atoms with van der Waals surface area (Å²) < 4.78 is 39.5. The molecule has 2 rings (SSSR count). The van der Waals surface area contributed by atoms with Crippen molar-refractivity contribution in [3.63, 3.8) is 0 Å². The Bertz CT molecular complexity index is 409. The summed E-state index contributed by atoms with van der Waals surface area (Å²) in [4.78, 5) is 0. The molecule has 0 amide bonds. The van der Waals surface area contributed by atoms with Gasteiger partial charge in [0.1, 0.15) is 0 Å². The van der Waals surface area contributed by atoms with E-state index in [0.717, 1.165) is 32.1 Å². The number of methoxy groups -OCH3 is 2. The standard InChI is InChI=1S/C13H26N2O4S/c1-18-9-12-5-3-8-15(12)20(16,17)14-10-13(11-19-2)6-4-7-13/h12,14H,3-11H2,1-2H3. The monoisotopic (exact) mass is 306 g/mol. The van der Waals surface area contributed by atoms with Gasteiger partial charge in [0.05, 0.1) is 13.2 Å². The minimum absolute atomic E-state index is 0.00169. The fourth-order valence-electron chi connectivity index (χ4n) is 3.17. The van der Waals surface area contributed by atoms with Gasteiger partial charge in [0.2, 0.25) is 0 Å². The lowest BCUT2D eigenvalue weighted by Gasteiger charge is -2.41. The maximum absolute atomic E-state index is 12.4. The first kappa shape index (κ1) is 16.2. The average Bonchev–Trinajstić information content (AvgIpc) is 2.82. The molecule has 118 valence electrons. The number of ether oxygens (including phenoxy) is 2. The van der Waals surface area contributed by atoms with Gasteiger partial charge in [0.15, 0.2) is 0 Å². The molecular weight excluding hydrogens is 280 g/mol. The second-order valence-electron chi connectivity index (χ2n) is 5.97. The van der Waals surface area contributed by atoms with Crippen molar-refractivity contribution in [1.29, 1.82) is 0 Å². The summed E-state index contributed by atoms with van der Waals surface area (Å²) in [5.41, 5.74) is -0.00169. The molecule has 6 nitrogen and oxygen atoms in total. The highest BCUT2D eigenvalue weighted by Gasteiger charge is 2.40. The molecule has 1 aliphatic heterocycles. The fraction of sp³-hybridized carbons (Fsp3) is 1.00. The zero-order valence-electron chi connectivity index (χ0n) is 12.4. The quantitative estimate of drug-likeness (QED) is 0.718. The Hall–Kier alpha value is -0.210. The second-order valence-corrected chi connectivity index (χ2v) is 7.68. The molecule has 1 saturated carbocycles. The van der Waals surface area contributed by atoms with E-state index >= 15 is 0 Å². The Kier molecular flexibility index (Phi) is 5.42. The fourth-order valence-corrected chi connectivity index (χ4v) is 4.75. The zero-order valence-corrected chi connectivity index (χ0v) is 13.2. The summed E-state index contributed by atoms with van der Waals surface area (Å²) in [6.45, 7) is 2.14. The Morgan fingerprint density at radius 3 is 2.55 bits per heavy atom. The lowest BCUT2D eigenvalue weighted by molar-refractivity contribution is 0.0217. The zero-order chi connectivity index (χ0) is 14.6. The molecule has 20 heavy (non-hydrogen) atoms. The van der Waals surface area contributed by atoms with Gasteiger partial charge in [0, 0.05) is 38.8 Å². The Morgan fingerprint density at radius 2 is 2.00 bits per heavy atom. The van der Waals surface area contributed by atoms with E-state index < -0.39 is 10.2 Å². The number of nitrogens with one attached hydrogen (secondary N) is 1. The van der Waals surface area contributed by atoms with Crippen LogP contribution in [-0.4, -0.2) is 59.3 Å². The molecule has 1 heterocycles. The van der Waals surface area contributed by atoms with E-state index in [0.29, 0.717) is 26.3 Å². The van der Waals surface area contributed by atoms with Gasteiger partial charge in [-0.3, -0.25) is 0 Å². The molecule has 0 aromatic rings. The first-order valence-corrected chi connectivity index (χ1v) is 8.71. The highest BCUT2D eigenvalue weighted by Crippen LogP contribution is 2.40. The average molecular weight is 306 g/mol. The summed E-state index contributed by atoms with van der Waals surface area (Å²) in [6, 6.07) is -0.0303. The summed E-state index contributed by atoms with van der Waals surface area (Å²) in [6.07, 6.45) is 4.99. The van der Waals surface area contributed by atoms with Crippen LogP contribution in [0.15, 0.2) is 0 Å². The van der Waals surface area contributed by atoms with Crippen molar-refractivity contribution in [1.82, 2.24) is 9.03 Å². The molecule has 0 aromatic carbocycles. The van der Waals surface area contributed by atoms with Crippen LogP contribution in [0.4, 0.5) is 0 Å². The molecule has 0 bridgehead atoms. The SMILES string of the molecule is COCC1CCCN1S(=O)(=O)NCC1(COC)CCC1. The molecule has 0 spiro atoms. The molecule has 1 aliphatic carbocycles. The Balaban J connectivity index is 1.93. The van der Waals surface area contributed by atoms with Gasteiger partial charge in [-0.1, -0.05) is 6.42 Å². The highest BCUT2D eigenvalue weighted by molar-refractivity contribution is 7.87. The lowest BCUT2D eigenvalue weighted by atomic mass is 9.69. The third-order valence-corrected chi connectivity index (χ3v) is 6.09. The van der Waals surface area contributed by atoms with Gasteiger partial charge in [-0.05, 0) is 25.7 Å². The first-order chi connectivity index (χ1) is 9.53. The topological polar surface area (TPSA) is 67.9 Å². The van der Waals surface area contributed by atoms with Gasteiger partial charge in [-0.25, -0.2) is 4.72 Å². The molecule has 2 fully saturated rings. The molecule has 1 atom stereocenters. The van der Waals surface area contributed by atoms with E-state index in [1.807, 2.05) is 0 Å². The van der Waals surface area contributed by atoms with Gasteiger partial charge in [-0.2, -0.15) is 12.7 Å². The van der Waals surface area contributed by atoms with Gasteiger partial charge >= 0.3 is 0 Å². The van der Waals surface area contributed by atoms with Crippen molar-refractivity contribution < 1.29 is 17.9 Å². The van der Waals surface area contributed by atoms with Crippen LogP contribution in [0.5, 0.6) is 0 Å². The van der Waals surface area contributed by atoms with Gasteiger partial charge in [0.25, 0.3) is 10.2 Å². The summed E-state index contributed by atoms with van der Waals surface area (Å²) in [5.74, 6) is 0. The predicted octanol–water partition coefficient (Wildman–Crippen LogP) is 0.748. The third-order valence-electron chi connectivity index (χ3n) is 4.49. The Labute approximate surface area is 122 Å². The van der Waals surface area contributed by atoms with Crippen LogP contribution >= 0.6 is 0 Å². The number of nitrogens with zero attached hydrogens (tertiary/aromatic N) is 1. The van der Waals surface area contributed by atoms with Crippen molar-refractivity contribution >= 4 is 10.2 Å². The van der Waals surface area contributed by atoms with Crippen LogP contribution < -0.4 is 4.72 Å². The van der Waals surface area contributed by atoms with Crippen molar-refractivity contribution in [3.05, 3.63) is 0 Å². The molecule has 1 saturated heterocycles. The molecule has 2 aliphatic rings. The summed E-state index contributed by atoms with van der Waals surface area (Å²) in [7, 11) is -0.131. The van der Waals surface area contributed by atoms with Crippen molar-refractivity contribution in [2.24, 2.45) is 5.41 Å². The smallest absolute Gasteiger partial charge is 0.279 e. The van der Waals surface area contributed by atoms with Crippen LogP contribution in [0.3, 0.4) is 0 Å². The summed E-state index contributed by atoms with van der Waals surface area (Å²) >= 11 is 0. The van der Waals surface area contributed by atoms with E-state index in [4.69, 9.17) is 9.47 Å². The maximum atomic E-state index is 12.4. The van der Waals surface area contributed by atoms with Crippen molar-refractivity contribution in [2.75, 3.05) is 40.5 Å². The van der Waals surface area contributed by atoms with E-state index in [2.05, 4.69) is 4.72 Å². The number of hydrogen-bond acceptors (Lipinski definition) is 4. The van der Waals surface area contributed by atoms with Crippen LogP contribution in [0.1, 0.15) is 32.1 Å². The molecule has 1 unspecified atom stereocenters. The van der Waals surface area contributed by atoms with Crippen LogP contribution in [-0.2, 0) is 19.7 Å². The van der Waals surface area contributed by atoms with Crippen molar-refractivity contribution in [3.8, 4) is 0 Å². The third kappa shape index (κ3) is 3.51. The highest BCUT2D eigenvalue weighted by atomic mass is 32.2. The van der Waals surface area contributed by atoms with Crippen LogP contribution in [0.2, 0.25) is 0 Å². The van der Waals surface area contributed by atoms with Crippen LogP contribution in [0.25, 0.3) is 0 Å². The number of rotatable bonds is 8. The number of hydrogen-bond donors (Lipinski definition) is 1. The Morgan fingerprint density at radius 1 is 1.25 bits per heavy atom. The van der Waals surface area contributed by atoms with Gasteiger partial charge in [-0.15, -0.1) is 0 Å². The van der Waals surface area contributed by atoms with E-state index in [1.54, 1.807) is 18.5 Å². The normalized spacial score (nSPS) is 26.6. The lowest BCUT2D eigenvalue weighted by Crippen LogP contribution is -2.50. The molecule has 0 radical (unpaired) electrons. The molecule has 7 heteroatoms. The van der Waals surface area contributed by atoms with E-state index in [9.17, 15) is 8.42 Å². The molecule has 1 N–H and O–H groups in total. The van der Waals surface area contributed by atoms with E-state index in [1.165, 1.54) is 0 Å². The molecule has 0 aromatic heterocycles. The van der Waals surface area contributed by atoms with Crippen molar-refractivity contribution in [2.45, 2.75) is 38.1 Å². The molecular formula is C13H26N2O4S. The first-order valence-electron chi connectivity index (χ1n) is 7.27. The summed E-state index contributed by atoms with van der Waals surface area (Å²) in [5, 5.41) is 0. The predicted molar refractivity (Wildman–Crippen MR) is 76.7 cm³/mol. The van der Waals surface area contributed by atoms with Crippen LogP contribution in [0, 0.1) is 5.41 Å². The minimum Gasteiger partial charge on any atom is -0.384 e.